The molecule has 0 spiro atoms. The lowest BCUT2D eigenvalue weighted by atomic mass is 10.1. The Hall–Kier alpha value is -2.83. The second-order valence-corrected chi connectivity index (χ2v) is 4.37. The number of carboxylic acid groups (broad SMARTS) is 1. The fourth-order valence-corrected chi connectivity index (χ4v) is 2.17. The smallest absolute Gasteiger partial charge is 0.357 e. The highest BCUT2D eigenvalue weighted by atomic mass is 16.4. The normalized spacial score (nSPS) is 14.8. The molecular formula is C13H13N5O2. The summed E-state index contributed by atoms with van der Waals surface area (Å²) in [7, 11) is 1.68. The second-order valence-electron chi connectivity index (χ2n) is 4.37. The van der Waals surface area contributed by atoms with Gasteiger partial charge in [0.15, 0.2) is 0 Å². The SMILES string of the molecule is CNc1nccc(C2(C(=O)O)Nc3ccccc3N2)n1. The van der Waals surface area contributed by atoms with Crippen LogP contribution in [0.5, 0.6) is 0 Å². The number of rotatable bonds is 3. The van der Waals surface area contributed by atoms with Gasteiger partial charge in [-0.3, -0.25) is 0 Å². The van der Waals surface area contributed by atoms with E-state index >= 15 is 0 Å². The van der Waals surface area contributed by atoms with Crippen molar-refractivity contribution >= 4 is 23.3 Å². The van der Waals surface area contributed by atoms with Crippen LogP contribution in [0.25, 0.3) is 0 Å². The van der Waals surface area contributed by atoms with Crippen LogP contribution < -0.4 is 16.0 Å². The zero-order valence-electron chi connectivity index (χ0n) is 10.7. The van der Waals surface area contributed by atoms with Gasteiger partial charge in [-0.15, -0.1) is 0 Å². The van der Waals surface area contributed by atoms with Crippen LogP contribution in [0, 0.1) is 0 Å². The lowest BCUT2D eigenvalue weighted by Crippen LogP contribution is -2.47. The van der Waals surface area contributed by atoms with Gasteiger partial charge in [0.2, 0.25) is 5.95 Å². The zero-order chi connectivity index (χ0) is 14.2. The molecule has 2 heterocycles. The third-order valence-corrected chi connectivity index (χ3v) is 3.16. The molecule has 0 radical (unpaired) electrons. The molecule has 102 valence electrons. The quantitative estimate of drug-likeness (QED) is 0.667. The highest BCUT2D eigenvalue weighted by Crippen LogP contribution is 2.38. The predicted molar refractivity (Wildman–Crippen MR) is 74.6 cm³/mol. The lowest BCUT2D eigenvalue weighted by Gasteiger charge is -2.25. The van der Waals surface area contributed by atoms with Crippen LogP contribution >= 0.6 is 0 Å². The van der Waals surface area contributed by atoms with Crippen molar-refractivity contribution in [1.29, 1.82) is 0 Å². The number of aliphatic carboxylic acids is 1. The molecule has 0 atom stereocenters. The van der Waals surface area contributed by atoms with E-state index in [1.165, 1.54) is 6.20 Å². The Morgan fingerprint density at radius 3 is 2.45 bits per heavy atom. The maximum Gasteiger partial charge on any atom is 0.357 e. The zero-order valence-corrected chi connectivity index (χ0v) is 10.7. The maximum atomic E-state index is 11.8. The van der Waals surface area contributed by atoms with Gasteiger partial charge in [0, 0.05) is 13.2 Å². The Morgan fingerprint density at radius 2 is 1.90 bits per heavy atom. The molecule has 7 heteroatoms. The first-order chi connectivity index (χ1) is 9.65. The molecule has 0 saturated heterocycles. The molecular weight excluding hydrogens is 258 g/mol. The summed E-state index contributed by atoms with van der Waals surface area (Å²) >= 11 is 0. The summed E-state index contributed by atoms with van der Waals surface area (Å²) in [6.07, 6.45) is 1.52. The second kappa shape index (κ2) is 4.37. The van der Waals surface area contributed by atoms with E-state index in [1.807, 2.05) is 24.3 Å². The molecule has 0 amide bonds. The first kappa shape index (κ1) is 12.2. The average Bonchev–Trinajstić information content (AvgIpc) is 2.88. The topological polar surface area (TPSA) is 99.2 Å². The third kappa shape index (κ3) is 1.71. The average molecular weight is 271 g/mol. The van der Waals surface area contributed by atoms with Crippen LogP contribution in [0.2, 0.25) is 0 Å². The summed E-state index contributed by atoms with van der Waals surface area (Å²) in [5.74, 6) is -0.697. The van der Waals surface area contributed by atoms with Crippen LogP contribution in [0.3, 0.4) is 0 Å². The van der Waals surface area contributed by atoms with E-state index in [0.29, 0.717) is 11.6 Å². The van der Waals surface area contributed by atoms with Gasteiger partial charge in [-0.2, -0.15) is 0 Å². The number of aromatic nitrogens is 2. The Balaban J connectivity index is 2.09. The number of carboxylic acids is 1. The van der Waals surface area contributed by atoms with E-state index in [9.17, 15) is 9.90 Å². The molecule has 1 aromatic heterocycles. The number of benzene rings is 1. The number of anilines is 3. The Morgan fingerprint density at radius 1 is 1.25 bits per heavy atom. The highest BCUT2D eigenvalue weighted by molar-refractivity contribution is 5.93. The predicted octanol–water partition coefficient (Wildman–Crippen LogP) is 1.29. The monoisotopic (exact) mass is 271 g/mol. The maximum absolute atomic E-state index is 11.8. The van der Waals surface area contributed by atoms with Crippen molar-refractivity contribution in [2.24, 2.45) is 0 Å². The minimum Gasteiger partial charge on any atom is -0.478 e. The third-order valence-electron chi connectivity index (χ3n) is 3.16. The summed E-state index contributed by atoms with van der Waals surface area (Å²) in [4.78, 5) is 20.0. The Labute approximate surface area is 115 Å². The van der Waals surface area contributed by atoms with Gasteiger partial charge >= 0.3 is 5.97 Å². The summed E-state index contributed by atoms with van der Waals surface area (Å²) < 4.78 is 0. The van der Waals surface area contributed by atoms with Gasteiger partial charge in [0.05, 0.1) is 11.4 Å². The van der Waals surface area contributed by atoms with Crippen LogP contribution in [0.4, 0.5) is 17.3 Å². The van der Waals surface area contributed by atoms with Crippen LogP contribution in [-0.4, -0.2) is 28.1 Å². The molecule has 2 aromatic rings. The van der Waals surface area contributed by atoms with Crippen LogP contribution in [-0.2, 0) is 10.5 Å². The minimum atomic E-state index is -1.49. The van der Waals surface area contributed by atoms with Crippen molar-refractivity contribution in [1.82, 2.24) is 9.97 Å². The number of hydrogen-bond acceptors (Lipinski definition) is 6. The van der Waals surface area contributed by atoms with Gasteiger partial charge in [0.25, 0.3) is 5.66 Å². The standard InChI is InChI=1S/C13H13N5O2/c1-14-12-15-7-6-10(16-12)13(11(19)20)17-8-4-2-3-5-9(8)18-13/h2-7,17-18H,1H3,(H,19,20)(H,14,15,16). The molecule has 0 fully saturated rings. The van der Waals surface area contributed by atoms with Crippen molar-refractivity contribution in [2.45, 2.75) is 5.66 Å². The molecule has 1 aliphatic rings. The van der Waals surface area contributed by atoms with Gasteiger partial charge in [-0.05, 0) is 18.2 Å². The molecule has 7 nitrogen and oxygen atoms in total. The molecule has 0 saturated carbocycles. The summed E-state index contributed by atoms with van der Waals surface area (Å²) in [5.41, 5.74) is 0.290. The molecule has 20 heavy (non-hydrogen) atoms. The van der Waals surface area contributed by atoms with Gasteiger partial charge in [-0.25, -0.2) is 14.8 Å². The number of carbonyl (C=O) groups is 1. The number of fused-ring (bicyclic) bond motifs is 1. The lowest BCUT2D eigenvalue weighted by molar-refractivity contribution is -0.141. The van der Waals surface area contributed by atoms with Crippen molar-refractivity contribution in [3.05, 3.63) is 42.2 Å². The van der Waals surface area contributed by atoms with E-state index < -0.39 is 11.6 Å². The Bertz CT molecular complexity index is 648. The van der Waals surface area contributed by atoms with E-state index in [-0.39, 0.29) is 0 Å². The molecule has 0 aliphatic carbocycles. The van der Waals surface area contributed by atoms with E-state index in [0.717, 1.165) is 11.4 Å². The molecule has 0 bridgehead atoms. The van der Waals surface area contributed by atoms with Crippen LogP contribution in [0.1, 0.15) is 5.69 Å². The van der Waals surface area contributed by atoms with Crippen molar-refractivity contribution < 1.29 is 9.90 Å². The molecule has 0 unspecified atom stereocenters. The van der Waals surface area contributed by atoms with Crippen molar-refractivity contribution in [3.63, 3.8) is 0 Å². The highest BCUT2D eigenvalue weighted by Gasteiger charge is 2.47. The molecule has 4 N–H and O–H groups in total. The molecule has 1 aromatic carbocycles. The van der Waals surface area contributed by atoms with E-state index in [1.54, 1.807) is 13.1 Å². The number of nitrogens with zero attached hydrogens (tertiary/aromatic N) is 2. The summed E-state index contributed by atoms with van der Waals surface area (Å²) in [6.45, 7) is 0. The minimum absolute atomic E-state index is 0.334. The fraction of sp³-hybridized carbons (Fsp3) is 0.154. The molecule has 1 aliphatic heterocycles. The van der Waals surface area contributed by atoms with E-state index in [2.05, 4.69) is 25.9 Å². The van der Waals surface area contributed by atoms with Gasteiger partial charge in [-0.1, -0.05) is 12.1 Å². The first-order valence-corrected chi connectivity index (χ1v) is 6.06. The largest absolute Gasteiger partial charge is 0.478 e. The molecule has 3 rings (SSSR count). The van der Waals surface area contributed by atoms with Gasteiger partial charge in [0.1, 0.15) is 5.69 Å². The number of nitrogens with one attached hydrogen (secondary N) is 3. The van der Waals surface area contributed by atoms with Gasteiger partial charge < -0.3 is 21.1 Å². The fourth-order valence-electron chi connectivity index (χ4n) is 2.17. The van der Waals surface area contributed by atoms with Crippen molar-refractivity contribution in [3.8, 4) is 0 Å². The Kier molecular flexibility index (Phi) is 2.67. The van der Waals surface area contributed by atoms with Crippen LogP contribution in [0.15, 0.2) is 36.5 Å². The summed E-state index contributed by atoms with van der Waals surface area (Å²) in [6, 6.07) is 8.87. The van der Waals surface area contributed by atoms with Crippen molar-refractivity contribution in [2.75, 3.05) is 23.0 Å². The number of hydrogen-bond donors (Lipinski definition) is 4. The van der Waals surface area contributed by atoms with E-state index in [4.69, 9.17) is 0 Å². The first-order valence-electron chi connectivity index (χ1n) is 6.06. The number of para-hydroxylation sites is 2. The summed E-state index contributed by atoms with van der Waals surface area (Å²) in [5, 5.41) is 18.4.